The summed E-state index contributed by atoms with van der Waals surface area (Å²) in [6, 6.07) is 4.07. The van der Waals surface area contributed by atoms with Crippen molar-refractivity contribution in [2.24, 2.45) is 0 Å². The summed E-state index contributed by atoms with van der Waals surface area (Å²) < 4.78 is 13.7. The summed E-state index contributed by atoms with van der Waals surface area (Å²) in [5, 5.41) is 14.4. The number of β-amino-alcohol motifs (C(OH)–C–C–N with tert-alkyl or cyclic N) is 1. The van der Waals surface area contributed by atoms with Gasteiger partial charge in [-0.25, -0.2) is 4.98 Å². The zero-order valence-electron chi connectivity index (χ0n) is 15.2. The number of rotatable bonds is 2. The summed E-state index contributed by atoms with van der Waals surface area (Å²) in [7, 11) is 0. The van der Waals surface area contributed by atoms with E-state index >= 15 is 0 Å². The van der Waals surface area contributed by atoms with Crippen LogP contribution >= 0.6 is 0 Å². The van der Waals surface area contributed by atoms with Gasteiger partial charge >= 0.3 is 0 Å². The van der Waals surface area contributed by atoms with Crippen molar-refractivity contribution < 1.29 is 14.4 Å². The van der Waals surface area contributed by atoms with E-state index in [1.54, 1.807) is 0 Å². The predicted molar refractivity (Wildman–Crippen MR) is 97.7 cm³/mol. The standard InChI is InChI=1S/C19H22N4O3/c1-11-15(12(2)26-21-11)13-4-5-14-16-17(13)25-9-8-23(16)18(20-14)22-7-6-19(3,24)10-22/h4-5,24H,6-10H2,1-3H3. The molecule has 1 N–H and O–H groups in total. The van der Waals surface area contributed by atoms with E-state index in [1.165, 1.54) is 0 Å². The molecule has 2 aromatic heterocycles. The Morgan fingerprint density at radius 1 is 1.23 bits per heavy atom. The molecule has 1 saturated heterocycles. The third kappa shape index (κ3) is 2.16. The molecule has 1 fully saturated rings. The Balaban J connectivity index is 1.71. The lowest BCUT2D eigenvalue weighted by Gasteiger charge is -2.24. The van der Waals surface area contributed by atoms with E-state index in [2.05, 4.69) is 14.6 Å². The van der Waals surface area contributed by atoms with E-state index in [0.29, 0.717) is 13.2 Å². The van der Waals surface area contributed by atoms with E-state index < -0.39 is 5.60 Å². The van der Waals surface area contributed by atoms with Gasteiger partial charge in [-0.15, -0.1) is 0 Å². The van der Waals surface area contributed by atoms with Crippen molar-refractivity contribution in [3.63, 3.8) is 0 Å². The number of anilines is 1. The Morgan fingerprint density at radius 2 is 2.08 bits per heavy atom. The van der Waals surface area contributed by atoms with Gasteiger partial charge < -0.3 is 23.8 Å². The third-order valence-electron chi connectivity index (χ3n) is 5.44. The molecule has 1 atom stereocenters. The van der Waals surface area contributed by atoms with Crippen LogP contribution in [0.3, 0.4) is 0 Å². The second-order valence-electron chi connectivity index (χ2n) is 7.59. The first-order valence-electron chi connectivity index (χ1n) is 9.01. The molecule has 7 nitrogen and oxygen atoms in total. The molecule has 26 heavy (non-hydrogen) atoms. The van der Waals surface area contributed by atoms with Gasteiger partial charge in [-0.05, 0) is 39.3 Å². The van der Waals surface area contributed by atoms with Crippen LogP contribution < -0.4 is 9.64 Å². The number of ether oxygens (including phenoxy) is 1. The molecule has 1 unspecified atom stereocenters. The highest BCUT2D eigenvalue weighted by atomic mass is 16.5. The fourth-order valence-corrected chi connectivity index (χ4v) is 4.20. The topological polar surface area (TPSA) is 76.5 Å². The fourth-order valence-electron chi connectivity index (χ4n) is 4.20. The molecule has 0 aliphatic carbocycles. The second kappa shape index (κ2) is 5.23. The lowest BCUT2D eigenvalue weighted by Crippen LogP contribution is -2.31. The van der Waals surface area contributed by atoms with Gasteiger partial charge in [0.1, 0.15) is 17.9 Å². The average molecular weight is 354 g/mol. The van der Waals surface area contributed by atoms with E-state index in [-0.39, 0.29) is 0 Å². The predicted octanol–water partition coefficient (Wildman–Crippen LogP) is 2.66. The number of hydrogen-bond acceptors (Lipinski definition) is 6. The Hall–Kier alpha value is -2.54. The highest BCUT2D eigenvalue weighted by molar-refractivity contribution is 5.93. The molecular formula is C19H22N4O3. The molecule has 0 spiro atoms. The maximum absolute atomic E-state index is 10.3. The number of aromatic nitrogens is 3. The van der Waals surface area contributed by atoms with Crippen LogP contribution in [0.4, 0.5) is 5.95 Å². The Bertz CT molecular complexity index is 998. The average Bonchev–Trinajstić information content (AvgIpc) is 3.26. The van der Waals surface area contributed by atoms with Crippen molar-refractivity contribution in [2.75, 3.05) is 24.6 Å². The molecule has 2 aliphatic rings. The van der Waals surface area contributed by atoms with Crippen LogP contribution in [0, 0.1) is 13.8 Å². The first-order valence-corrected chi connectivity index (χ1v) is 9.01. The van der Waals surface area contributed by atoms with Crippen molar-refractivity contribution in [2.45, 2.75) is 39.3 Å². The van der Waals surface area contributed by atoms with Gasteiger partial charge in [-0.2, -0.15) is 0 Å². The van der Waals surface area contributed by atoms with Gasteiger partial charge in [0.05, 0.1) is 28.9 Å². The lowest BCUT2D eigenvalue weighted by atomic mass is 10.0. The molecule has 5 rings (SSSR count). The molecule has 3 aromatic rings. The molecule has 4 heterocycles. The molecule has 0 radical (unpaired) electrons. The van der Waals surface area contributed by atoms with Gasteiger partial charge in [0.2, 0.25) is 5.95 Å². The zero-order valence-corrected chi connectivity index (χ0v) is 15.2. The normalized spacial score (nSPS) is 22.2. The number of benzene rings is 1. The van der Waals surface area contributed by atoms with Gasteiger partial charge in [-0.1, -0.05) is 5.16 Å². The highest BCUT2D eigenvalue weighted by Crippen LogP contribution is 2.43. The molecule has 0 saturated carbocycles. The zero-order chi connectivity index (χ0) is 18.1. The Morgan fingerprint density at radius 3 is 2.77 bits per heavy atom. The summed E-state index contributed by atoms with van der Waals surface area (Å²) in [4.78, 5) is 7.03. The molecule has 0 bridgehead atoms. The van der Waals surface area contributed by atoms with Crippen molar-refractivity contribution >= 4 is 17.0 Å². The molecule has 1 aromatic carbocycles. The summed E-state index contributed by atoms with van der Waals surface area (Å²) in [6.45, 7) is 8.51. The van der Waals surface area contributed by atoms with E-state index in [9.17, 15) is 5.11 Å². The van der Waals surface area contributed by atoms with Crippen LogP contribution in [0.2, 0.25) is 0 Å². The van der Waals surface area contributed by atoms with Gasteiger partial charge in [0, 0.05) is 18.7 Å². The van der Waals surface area contributed by atoms with Gasteiger partial charge in [0.15, 0.2) is 5.75 Å². The smallest absolute Gasteiger partial charge is 0.206 e. The minimum Gasteiger partial charge on any atom is -0.489 e. The maximum atomic E-state index is 10.3. The Kier molecular flexibility index (Phi) is 3.16. The monoisotopic (exact) mass is 354 g/mol. The lowest BCUT2D eigenvalue weighted by molar-refractivity contribution is 0.0838. The second-order valence-corrected chi connectivity index (χ2v) is 7.59. The summed E-state index contributed by atoms with van der Waals surface area (Å²) in [5.41, 5.74) is 4.10. The molecular weight excluding hydrogens is 332 g/mol. The molecule has 7 heteroatoms. The number of imidazole rings is 1. The van der Waals surface area contributed by atoms with Crippen molar-refractivity contribution in [3.05, 3.63) is 23.6 Å². The number of hydrogen-bond donors (Lipinski definition) is 1. The maximum Gasteiger partial charge on any atom is 0.206 e. The minimum absolute atomic E-state index is 0.593. The quantitative estimate of drug-likeness (QED) is 0.762. The van der Waals surface area contributed by atoms with Gasteiger partial charge in [0.25, 0.3) is 0 Å². The van der Waals surface area contributed by atoms with Crippen LogP contribution in [-0.2, 0) is 6.54 Å². The van der Waals surface area contributed by atoms with Crippen LogP contribution in [0.1, 0.15) is 24.8 Å². The van der Waals surface area contributed by atoms with Crippen molar-refractivity contribution in [3.8, 4) is 16.9 Å². The minimum atomic E-state index is -0.658. The van der Waals surface area contributed by atoms with Crippen molar-refractivity contribution in [1.82, 2.24) is 14.7 Å². The summed E-state index contributed by atoms with van der Waals surface area (Å²) in [6.07, 6.45) is 0.754. The van der Waals surface area contributed by atoms with Crippen LogP contribution in [-0.4, -0.2) is 45.1 Å². The first-order chi connectivity index (χ1) is 12.4. The summed E-state index contributed by atoms with van der Waals surface area (Å²) in [5.74, 6) is 2.54. The summed E-state index contributed by atoms with van der Waals surface area (Å²) >= 11 is 0. The number of aliphatic hydroxyl groups is 1. The van der Waals surface area contributed by atoms with E-state index in [4.69, 9.17) is 14.2 Å². The number of nitrogens with zero attached hydrogens (tertiary/aromatic N) is 4. The van der Waals surface area contributed by atoms with Crippen LogP contribution in [0.15, 0.2) is 16.7 Å². The molecule has 2 aliphatic heterocycles. The van der Waals surface area contributed by atoms with Crippen LogP contribution in [0.25, 0.3) is 22.2 Å². The number of aryl methyl sites for hydroxylation is 2. The Labute approximate surface area is 151 Å². The third-order valence-corrected chi connectivity index (χ3v) is 5.44. The van der Waals surface area contributed by atoms with Crippen molar-refractivity contribution in [1.29, 1.82) is 0 Å². The highest BCUT2D eigenvalue weighted by Gasteiger charge is 2.35. The SMILES string of the molecule is Cc1noc(C)c1-c1ccc2nc(N3CCC(C)(O)C3)n3c2c1OCC3. The van der Waals surface area contributed by atoms with Gasteiger partial charge in [-0.3, -0.25) is 0 Å². The van der Waals surface area contributed by atoms with E-state index in [0.717, 1.165) is 64.8 Å². The molecule has 136 valence electrons. The van der Waals surface area contributed by atoms with E-state index in [1.807, 2.05) is 32.9 Å². The largest absolute Gasteiger partial charge is 0.489 e. The fraction of sp³-hybridized carbons (Fsp3) is 0.474. The molecule has 0 amide bonds. The van der Waals surface area contributed by atoms with Crippen LogP contribution in [0.5, 0.6) is 5.75 Å². The first kappa shape index (κ1) is 15.7.